The number of hydrogen-bond acceptors (Lipinski definition) is 8. The van der Waals surface area contributed by atoms with E-state index < -0.39 is 51.9 Å². The minimum Gasteiger partial charge on any atom is -0.376 e. The van der Waals surface area contributed by atoms with Crippen LogP contribution < -0.4 is 4.18 Å². The van der Waals surface area contributed by atoms with E-state index in [2.05, 4.69) is 4.18 Å². The highest BCUT2D eigenvalue weighted by Gasteiger charge is 2.50. The molecule has 8 nitrogen and oxygen atoms in total. The second-order valence-corrected chi connectivity index (χ2v) is 16.4. The zero-order valence-corrected chi connectivity index (χ0v) is 34.3. The van der Waals surface area contributed by atoms with Crippen LogP contribution in [0.2, 0.25) is 0 Å². The van der Waals surface area contributed by atoms with Crippen molar-refractivity contribution in [2.24, 2.45) is 0 Å². The summed E-state index contributed by atoms with van der Waals surface area (Å²) >= 11 is 0. The number of aryl methyl sites for hydroxylation is 1. The monoisotopic (exact) mass is 852 g/mol. The Labute approximate surface area is 354 Å². The van der Waals surface area contributed by atoms with Crippen LogP contribution in [0.15, 0.2) is 164 Å². The first-order chi connectivity index (χ1) is 29.5. The summed E-state index contributed by atoms with van der Waals surface area (Å²) in [5.41, 5.74) is 1.84. The molecular weight excluding hydrogens is 806 g/mol. The number of hydrogen-bond donors (Lipinski definition) is 0. The lowest BCUT2D eigenvalue weighted by atomic mass is 9.88. The molecule has 0 aliphatic carbocycles. The molecule has 6 aromatic rings. The Balaban J connectivity index is 1.23. The highest BCUT2D eigenvalue weighted by Crippen LogP contribution is 2.39. The van der Waals surface area contributed by atoms with E-state index in [9.17, 15) is 21.6 Å². The lowest BCUT2D eigenvalue weighted by Crippen LogP contribution is -2.58. The molecule has 0 saturated carbocycles. The van der Waals surface area contributed by atoms with Crippen LogP contribution >= 0.6 is 0 Å². The molecule has 0 aromatic heterocycles. The van der Waals surface area contributed by atoms with Gasteiger partial charge in [-0.05, 0) is 70.0 Å². The molecule has 7 rings (SSSR count). The Morgan fingerprint density at radius 2 is 1.03 bits per heavy atom. The fourth-order valence-corrected chi connectivity index (χ4v) is 7.63. The zero-order chi connectivity index (χ0) is 42.7. The molecule has 1 heterocycles. The summed E-state index contributed by atoms with van der Waals surface area (Å²) in [6.45, 7) is 3.38. The van der Waals surface area contributed by atoms with Crippen molar-refractivity contribution in [2.75, 3.05) is 6.61 Å². The zero-order valence-electron chi connectivity index (χ0n) is 33.5. The molecule has 0 N–H and O–H groups in total. The van der Waals surface area contributed by atoms with Crippen molar-refractivity contribution < 1.29 is 49.5 Å². The Morgan fingerprint density at radius 1 is 0.557 bits per heavy atom. The van der Waals surface area contributed by atoms with E-state index >= 15 is 0 Å². The quantitative estimate of drug-likeness (QED) is 0.0624. The summed E-state index contributed by atoms with van der Waals surface area (Å²) < 4.78 is 100. The number of ether oxygens (including phenoxy) is 5. The van der Waals surface area contributed by atoms with Crippen LogP contribution in [-0.2, 0) is 66.7 Å². The van der Waals surface area contributed by atoms with Crippen molar-refractivity contribution in [1.29, 1.82) is 0 Å². The Morgan fingerprint density at radius 3 is 1.54 bits per heavy atom. The average molecular weight is 853 g/mol. The lowest BCUT2D eigenvalue weighted by Gasteiger charge is -2.46. The molecule has 0 radical (unpaired) electrons. The van der Waals surface area contributed by atoms with Gasteiger partial charge in [0.15, 0.2) is 0 Å². The minimum absolute atomic E-state index is 0.193. The van der Waals surface area contributed by atoms with Crippen LogP contribution in [0.5, 0.6) is 5.75 Å². The normalized spacial score (nSPS) is 19.4. The number of alkyl halides is 3. The molecule has 6 aromatic carbocycles. The summed E-state index contributed by atoms with van der Waals surface area (Å²) in [5.74, 6) is -0.438. The van der Waals surface area contributed by atoms with Crippen LogP contribution in [0.1, 0.15) is 50.6 Å². The second-order valence-electron chi connectivity index (χ2n) is 14.9. The average Bonchev–Trinajstić information content (AvgIpc) is 3.27. The van der Waals surface area contributed by atoms with E-state index in [0.717, 1.165) is 44.5 Å². The molecule has 1 unspecified atom stereocenters. The third kappa shape index (κ3) is 11.9. The summed E-state index contributed by atoms with van der Waals surface area (Å²) in [7, 11) is -5.80. The SMILES string of the molecule is Cc1ccc([C@@H]2O[C@H](COCc3ccccc3)[C@@H](OCc3ccccc3)C(OCc3ccccc3)[C@H]2OCc2ccccc2)cc1Cc1ccc(OS(=O)(=O)C(F)(F)F)cc1. The summed E-state index contributed by atoms with van der Waals surface area (Å²) in [4.78, 5) is 0. The number of rotatable bonds is 18. The first-order valence-electron chi connectivity index (χ1n) is 20.0. The predicted octanol–water partition coefficient (Wildman–Crippen LogP) is 10.2. The van der Waals surface area contributed by atoms with Gasteiger partial charge in [-0.3, -0.25) is 0 Å². The fourth-order valence-electron chi connectivity index (χ4n) is 7.17. The van der Waals surface area contributed by atoms with Gasteiger partial charge in [0.2, 0.25) is 0 Å². The molecule has 5 atom stereocenters. The van der Waals surface area contributed by atoms with Gasteiger partial charge < -0.3 is 27.9 Å². The van der Waals surface area contributed by atoms with Crippen LogP contribution in [0, 0.1) is 6.92 Å². The lowest BCUT2D eigenvalue weighted by molar-refractivity contribution is -0.275. The Bertz CT molecular complexity index is 2370. The third-order valence-electron chi connectivity index (χ3n) is 10.4. The fraction of sp³-hybridized carbons (Fsp3) is 0.265. The number of halogens is 3. The summed E-state index contributed by atoms with van der Waals surface area (Å²) in [6.07, 6.45) is -2.80. The van der Waals surface area contributed by atoms with E-state index in [-0.39, 0.29) is 19.8 Å². The standard InChI is InChI=1S/C49H47F3O8S/c1-35-22-25-41(29-42(35)28-36-23-26-43(27-24-36)60-61(53,54)49(50,51)52)45-47(57-32-39-18-10-4-11-19-39)48(58-33-40-20-12-5-13-21-40)46(56-31-38-16-8-3-9-17-38)44(59-45)34-55-30-37-14-6-2-7-15-37/h2-27,29,44-48H,28,30-34H2,1H3/t44-,45+,46-,47+,48?/m1/s1. The van der Waals surface area contributed by atoms with E-state index in [4.69, 9.17) is 23.7 Å². The predicted molar refractivity (Wildman–Crippen MR) is 225 cm³/mol. The molecule has 0 spiro atoms. The van der Waals surface area contributed by atoms with Crippen LogP contribution in [0.3, 0.4) is 0 Å². The van der Waals surface area contributed by atoms with Crippen molar-refractivity contribution in [1.82, 2.24) is 0 Å². The smallest absolute Gasteiger partial charge is 0.376 e. The van der Waals surface area contributed by atoms with Gasteiger partial charge in [0, 0.05) is 0 Å². The van der Waals surface area contributed by atoms with Crippen molar-refractivity contribution in [3.05, 3.63) is 208 Å². The van der Waals surface area contributed by atoms with Crippen LogP contribution in [-0.4, -0.2) is 44.9 Å². The third-order valence-corrected chi connectivity index (χ3v) is 11.4. The van der Waals surface area contributed by atoms with Gasteiger partial charge in [-0.15, -0.1) is 0 Å². The van der Waals surface area contributed by atoms with Gasteiger partial charge in [-0.1, -0.05) is 152 Å². The van der Waals surface area contributed by atoms with E-state index in [1.807, 2.05) is 146 Å². The molecular formula is C49H47F3O8S. The van der Waals surface area contributed by atoms with E-state index in [1.165, 1.54) is 12.1 Å². The first-order valence-corrected chi connectivity index (χ1v) is 21.4. The van der Waals surface area contributed by atoms with Crippen molar-refractivity contribution in [2.45, 2.75) is 75.8 Å². The number of benzene rings is 6. The Hall–Kier alpha value is -5.34. The molecule has 1 fully saturated rings. The van der Waals surface area contributed by atoms with Crippen molar-refractivity contribution in [3.8, 4) is 5.75 Å². The maximum Gasteiger partial charge on any atom is 0.534 e. The van der Waals surface area contributed by atoms with E-state index in [0.29, 0.717) is 19.6 Å². The van der Waals surface area contributed by atoms with Crippen LogP contribution in [0.25, 0.3) is 0 Å². The molecule has 0 bridgehead atoms. The molecule has 61 heavy (non-hydrogen) atoms. The highest BCUT2D eigenvalue weighted by molar-refractivity contribution is 7.88. The summed E-state index contributed by atoms with van der Waals surface area (Å²) in [5, 5.41) is 0. The minimum atomic E-state index is -5.80. The van der Waals surface area contributed by atoms with Crippen molar-refractivity contribution >= 4 is 10.1 Å². The van der Waals surface area contributed by atoms with Gasteiger partial charge in [0.1, 0.15) is 36.3 Å². The Kier molecular flexibility index (Phi) is 14.7. The van der Waals surface area contributed by atoms with Crippen LogP contribution in [0.4, 0.5) is 13.2 Å². The van der Waals surface area contributed by atoms with Gasteiger partial charge in [-0.2, -0.15) is 21.6 Å². The molecule has 1 aliphatic rings. The molecule has 1 saturated heterocycles. The maximum atomic E-state index is 13.0. The maximum absolute atomic E-state index is 13.0. The van der Waals surface area contributed by atoms with Gasteiger partial charge in [-0.25, -0.2) is 0 Å². The van der Waals surface area contributed by atoms with Gasteiger partial charge >= 0.3 is 15.6 Å². The first kappa shape index (κ1) is 43.7. The highest BCUT2D eigenvalue weighted by atomic mass is 32.2. The molecule has 12 heteroatoms. The topological polar surface area (TPSA) is 89.5 Å². The largest absolute Gasteiger partial charge is 0.534 e. The van der Waals surface area contributed by atoms with Crippen molar-refractivity contribution in [3.63, 3.8) is 0 Å². The molecule has 1 aliphatic heterocycles. The molecule has 318 valence electrons. The van der Waals surface area contributed by atoms with Gasteiger partial charge in [0.25, 0.3) is 0 Å². The van der Waals surface area contributed by atoms with E-state index in [1.54, 1.807) is 12.1 Å². The molecule has 0 amide bonds. The van der Waals surface area contributed by atoms with Gasteiger partial charge in [0.05, 0.1) is 33.0 Å². The second kappa shape index (κ2) is 20.5. The summed E-state index contributed by atoms with van der Waals surface area (Å²) in [6, 6.07) is 51.2.